The number of hydrogen-bond acceptors (Lipinski definition) is 4. The zero-order valence-corrected chi connectivity index (χ0v) is 11.4. The molecule has 0 amide bonds. The van der Waals surface area contributed by atoms with Crippen LogP contribution < -0.4 is 5.73 Å². The van der Waals surface area contributed by atoms with Crippen molar-refractivity contribution in [3.63, 3.8) is 0 Å². The van der Waals surface area contributed by atoms with Crippen LogP contribution in [0.3, 0.4) is 0 Å². The highest BCUT2D eigenvalue weighted by Crippen LogP contribution is 2.14. The predicted octanol–water partition coefficient (Wildman–Crippen LogP) is 0.196. The van der Waals surface area contributed by atoms with E-state index in [4.69, 9.17) is 10.5 Å². The second kappa shape index (κ2) is 6.76. The first-order valence-electron chi connectivity index (χ1n) is 5.22. The van der Waals surface area contributed by atoms with Crippen LogP contribution in [0.5, 0.6) is 0 Å². The van der Waals surface area contributed by atoms with Gasteiger partial charge in [0.2, 0.25) is 10.0 Å². The average molecular weight is 273 g/mol. The van der Waals surface area contributed by atoms with Gasteiger partial charge >= 0.3 is 0 Å². The Morgan fingerprint density at radius 1 is 1.56 bits per heavy atom. The highest BCUT2D eigenvalue weighted by molar-refractivity contribution is 7.89. The molecule has 1 unspecified atom stereocenters. The van der Waals surface area contributed by atoms with Crippen LogP contribution in [0.25, 0.3) is 0 Å². The molecule has 1 fully saturated rings. The zero-order valence-electron chi connectivity index (χ0n) is 9.76. The van der Waals surface area contributed by atoms with Crippen LogP contribution in [-0.2, 0) is 14.8 Å². The van der Waals surface area contributed by atoms with Gasteiger partial charge in [-0.05, 0) is 19.8 Å². The number of nitrogens with zero attached hydrogens (tertiary/aromatic N) is 1. The Morgan fingerprint density at radius 3 is 2.69 bits per heavy atom. The minimum Gasteiger partial charge on any atom is -0.381 e. The van der Waals surface area contributed by atoms with Gasteiger partial charge in [0.15, 0.2) is 0 Å². The molecule has 16 heavy (non-hydrogen) atoms. The SMILES string of the molecule is COC(C)CS(=O)(=O)N1CCC[C@@H](N)C1.Cl. The third kappa shape index (κ3) is 4.55. The Morgan fingerprint density at radius 2 is 2.19 bits per heavy atom. The van der Waals surface area contributed by atoms with E-state index in [0.717, 1.165) is 12.8 Å². The lowest BCUT2D eigenvalue weighted by Crippen LogP contribution is -2.47. The first-order valence-corrected chi connectivity index (χ1v) is 6.83. The normalized spacial score (nSPS) is 24.8. The molecule has 7 heteroatoms. The molecule has 0 radical (unpaired) electrons. The van der Waals surface area contributed by atoms with Crippen LogP contribution in [0.4, 0.5) is 0 Å². The van der Waals surface area contributed by atoms with Crippen molar-refractivity contribution in [1.82, 2.24) is 4.31 Å². The number of methoxy groups -OCH3 is 1. The zero-order chi connectivity index (χ0) is 11.5. The van der Waals surface area contributed by atoms with Crippen molar-refractivity contribution in [1.29, 1.82) is 0 Å². The minimum atomic E-state index is -3.20. The Balaban J connectivity index is 0.00000225. The molecular formula is C9H21ClN2O3S. The van der Waals surface area contributed by atoms with Crippen LogP contribution in [0.1, 0.15) is 19.8 Å². The number of hydrogen-bond donors (Lipinski definition) is 1. The third-order valence-corrected chi connectivity index (χ3v) is 4.67. The van der Waals surface area contributed by atoms with Crippen molar-refractivity contribution >= 4 is 22.4 Å². The van der Waals surface area contributed by atoms with Crippen LogP contribution in [0.15, 0.2) is 0 Å². The van der Waals surface area contributed by atoms with E-state index in [0.29, 0.717) is 13.1 Å². The van der Waals surface area contributed by atoms with Crippen LogP contribution >= 0.6 is 12.4 Å². The van der Waals surface area contributed by atoms with Gasteiger partial charge in [-0.3, -0.25) is 0 Å². The summed E-state index contributed by atoms with van der Waals surface area (Å²) in [6.07, 6.45) is 1.49. The van der Waals surface area contributed by atoms with Crippen LogP contribution in [-0.4, -0.2) is 50.8 Å². The lowest BCUT2D eigenvalue weighted by Gasteiger charge is -2.30. The van der Waals surface area contributed by atoms with Gasteiger partial charge in [-0.25, -0.2) is 12.7 Å². The third-order valence-electron chi connectivity index (χ3n) is 2.66. The molecule has 0 aromatic rings. The molecule has 5 nitrogen and oxygen atoms in total. The van der Waals surface area contributed by atoms with Gasteiger partial charge in [0.05, 0.1) is 11.9 Å². The minimum absolute atomic E-state index is 0. The molecular weight excluding hydrogens is 252 g/mol. The van der Waals surface area contributed by atoms with E-state index in [-0.39, 0.29) is 30.3 Å². The second-order valence-corrected chi connectivity index (χ2v) is 6.10. The first kappa shape index (κ1) is 16.1. The van der Waals surface area contributed by atoms with E-state index in [9.17, 15) is 8.42 Å². The highest BCUT2D eigenvalue weighted by Gasteiger charge is 2.28. The number of piperidine rings is 1. The number of halogens is 1. The Bertz CT molecular complexity index is 297. The van der Waals surface area contributed by atoms with Crippen molar-refractivity contribution in [2.24, 2.45) is 5.73 Å². The highest BCUT2D eigenvalue weighted by atomic mass is 35.5. The number of ether oxygens (including phenoxy) is 1. The second-order valence-electron chi connectivity index (χ2n) is 4.09. The smallest absolute Gasteiger partial charge is 0.216 e. The fourth-order valence-electron chi connectivity index (χ4n) is 1.70. The van der Waals surface area contributed by atoms with E-state index in [2.05, 4.69) is 0 Å². The number of nitrogens with two attached hydrogens (primary N) is 1. The van der Waals surface area contributed by atoms with Gasteiger partial charge in [-0.2, -0.15) is 0 Å². The fourth-order valence-corrected chi connectivity index (χ4v) is 3.46. The van der Waals surface area contributed by atoms with Crippen molar-refractivity contribution < 1.29 is 13.2 Å². The fraction of sp³-hybridized carbons (Fsp3) is 1.00. The summed E-state index contributed by atoms with van der Waals surface area (Å²) in [5.41, 5.74) is 5.75. The molecule has 2 atom stereocenters. The molecule has 0 spiro atoms. The average Bonchev–Trinajstić information content (AvgIpc) is 2.17. The van der Waals surface area contributed by atoms with E-state index in [1.807, 2.05) is 0 Å². The molecule has 0 aromatic carbocycles. The van der Waals surface area contributed by atoms with Gasteiger partial charge in [0, 0.05) is 26.2 Å². The molecule has 1 aliphatic heterocycles. The summed E-state index contributed by atoms with van der Waals surface area (Å²) in [5.74, 6) is 0.0379. The summed E-state index contributed by atoms with van der Waals surface area (Å²) in [6.45, 7) is 2.78. The van der Waals surface area contributed by atoms with Crippen LogP contribution in [0, 0.1) is 0 Å². The molecule has 0 aromatic heterocycles. The van der Waals surface area contributed by atoms with Gasteiger partial charge in [-0.15, -0.1) is 12.4 Å². The number of rotatable bonds is 4. The molecule has 2 N–H and O–H groups in total. The summed E-state index contributed by atoms with van der Waals surface area (Å²) in [6, 6.07) is -0.0219. The maximum Gasteiger partial charge on any atom is 0.216 e. The Hall–Kier alpha value is 0.120. The summed E-state index contributed by atoms with van der Waals surface area (Å²) in [4.78, 5) is 0. The van der Waals surface area contributed by atoms with E-state index >= 15 is 0 Å². The van der Waals surface area contributed by atoms with Gasteiger partial charge in [0.1, 0.15) is 0 Å². The van der Waals surface area contributed by atoms with Crippen molar-refractivity contribution in [2.45, 2.75) is 31.9 Å². The predicted molar refractivity (Wildman–Crippen MR) is 66.3 cm³/mol. The van der Waals surface area contributed by atoms with E-state index < -0.39 is 10.0 Å². The van der Waals surface area contributed by atoms with E-state index in [1.165, 1.54) is 11.4 Å². The molecule has 0 saturated carbocycles. The molecule has 0 aliphatic carbocycles. The molecule has 98 valence electrons. The quantitative estimate of drug-likeness (QED) is 0.793. The molecule has 0 bridgehead atoms. The lowest BCUT2D eigenvalue weighted by molar-refractivity contribution is 0.134. The summed E-state index contributed by atoms with van der Waals surface area (Å²) >= 11 is 0. The summed E-state index contributed by atoms with van der Waals surface area (Å²) < 4.78 is 30.2. The van der Waals surface area contributed by atoms with Gasteiger partial charge in [-0.1, -0.05) is 0 Å². The molecule has 1 saturated heterocycles. The van der Waals surface area contributed by atoms with Gasteiger partial charge in [0.25, 0.3) is 0 Å². The summed E-state index contributed by atoms with van der Waals surface area (Å²) in [7, 11) is -1.68. The van der Waals surface area contributed by atoms with Crippen molar-refractivity contribution in [2.75, 3.05) is 26.0 Å². The standard InChI is InChI=1S/C9H20N2O3S.ClH/c1-8(14-2)7-15(12,13)11-5-3-4-9(10)6-11;/h8-9H,3-7,10H2,1-2H3;1H/t8?,9-;/m1./s1. The van der Waals surface area contributed by atoms with Gasteiger partial charge < -0.3 is 10.5 Å². The molecule has 1 rings (SSSR count). The maximum absolute atomic E-state index is 11.9. The van der Waals surface area contributed by atoms with Crippen molar-refractivity contribution in [3.8, 4) is 0 Å². The maximum atomic E-state index is 11.9. The largest absolute Gasteiger partial charge is 0.381 e. The van der Waals surface area contributed by atoms with Crippen molar-refractivity contribution in [3.05, 3.63) is 0 Å². The molecule has 1 heterocycles. The first-order chi connectivity index (χ1) is 6.95. The Labute approximate surface area is 104 Å². The number of sulfonamides is 1. The lowest BCUT2D eigenvalue weighted by atomic mass is 10.1. The Kier molecular flexibility index (Phi) is 6.81. The monoisotopic (exact) mass is 272 g/mol. The van der Waals surface area contributed by atoms with E-state index in [1.54, 1.807) is 6.92 Å². The molecule has 1 aliphatic rings. The summed E-state index contributed by atoms with van der Waals surface area (Å²) in [5, 5.41) is 0. The topological polar surface area (TPSA) is 72.6 Å². The van der Waals surface area contributed by atoms with Crippen LogP contribution in [0.2, 0.25) is 0 Å².